The number of phenols is 1. The van der Waals surface area contributed by atoms with Gasteiger partial charge in [-0.2, -0.15) is 0 Å². The third-order valence-corrected chi connectivity index (χ3v) is 4.07. The van der Waals surface area contributed by atoms with Crippen molar-refractivity contribution < 1.29 is 14.6 Å². The lowest BCUT2D eigenvalue weighted by Crippen LogP contribution is -2.18. The Hall–Kier alpha value is -2.00. The second kappa shape index (κ2) is 5.08. The minimum atomic E-state index is -0.129. The zero-order chi connectivity index (χ0) is 15.0. The Morgan fingerprint density at radius 2 is 1.43 bits per heavy atom. The lowest BCUT2D eigenvalue weighted by Gasteiger charge is -2.26. The summed E-state index contributed by atoms with van der Waals surface area (Å²) in [4.78, 5) is 0. The number of hydrogen-bond acceptors (Lipinski definition) is 3. The smallest absolute Gasteiger partial charge is 0.226 e. The fourth-order valence-electron chi connectivity index (χ4n) is 2.42. The van der Waals surface area contributed by atoms with E-state index in [4.69, 9.17) is 9.47 Å². The Kier molecular flexibility index (Phi) is 3.38. The van der Waals surface area contributed by atoms with Gasteiger partial charge in [0, 0.05) is 5.41 Å². The zero-order valence-electron chi connectivity index (χ0n) is 12.5. The molecular formula is C18H20O3. The highest BCUT2D eigenvalue weighted by molar-refractivity contribution is 5.41. The lowest BCUT2D eigenvalue weighted by molar-refractivity contribution is 0.178. The first-order valence-corrected chi connectivity index (χ1v) is 7.19. The second-order valence-corrected chi connectivity index (χ2v) is 6.02. The molecule has 0 bridgehead atoms. The zero-order valence-corrected chi connectivity index (χ0v) is 12.5. The molecule has 0 amide bonds. The molecule has 0 aliphatic carbocycles. The summed E-state index contributed by atoms with van der Waals surface area (Å²) in [7, 11) is 0. The molecule has 2 unspecified atom stereocenters. The normalized spacial score (nSPS) is 21.1. The SMILES string of the molecule is CC1OC1Oc1ccc(C(C)(C)c2ccc(O)cc2)cc1. The van der Waals surface area contributed by atoms with E-state index >= 15 is 0 Å². The van der Waals surface area contributed by atoms with Crippen molar-refractivity contribution >= 4 is 0 Å². The molecule has 1 saturated heterocycles. The topological polar surface area (TPSA) is 42.0 Å². The van der Waals surface area contributed by atoms with Crippen LogP contribution in [-0.2, 0) is 10.2 Å². The number of epoxide rings is 1. The minimum Gasteiger partial charge on any atom is -0.508 e. The summed E-state index contributed by atoms with van der Waals surface area (Å²) in [6.07, 6.45) is 0.0964. The maximum absolute atomic E-state index is 9.41. The van der Waals surface area contributed by atoms with Gasteiger partial charge in [0.25, 0.3) is 0 Å². The van der Waals surface area contributed by atoms with E-state index in [2.05, 4.69) is 26.0 Å². The molecule has 2 aromatic carbocycles. The number of benzene rings is 2. The van der Waals surface area contributed by atoms with Crippen LogP contribution in [-0.4, -0.2) is 17.5 Å². The van der Waals surface area contributed by atoms with Crippen LogP contribution < -0.4 is 4.74 Å². The van der Waals surface area contributed by atoms with Crippen molar-refractivity contribution in [2.24, 2.45) is 0 Å². The molecule has 1 heterocycles. The maximum atomic E-state index is 9.41. The maximum Gasteiger partial charge on any atom is 0.226 e. The van der Waals surface area contributed by atoms with Gasteiger partial charge in [0.15, 0.2) is 0 Å². The first kappa shape index (κ1) is 14.0. The number of ether oxygens (including phenoxy) is 2. The van der Waals surface area contributed by atoms with Gasteiger partial charge in [0.05, 0.1) is 0 Å². The van der Waals surface area contributed by atoms with Gasteiger partial charge in [-0.1, -0.05) is 38.1 Å². The largest absolute Gasteiger partial charge is 0.508 e. The number of rotatable bonds is 4. The predicted octanol–water partition coefficient (Wildman–Crippen LogP) is 3.84. The van der Waals surface area contributed by atoms with Crippen LogP contribution in [0.1, 0.15) is 31.9 Å². The molecule has 3 nitrogen and oxygen atoms in total. The van der Waals surface area contributed by atoms with E-state index < -0.39 is 0 Å². The molecule has 0 saturated carbocycles. The monoisotopic (exact) mass is 284 g/mol. The fraction of sp³-hybridized carbons (Fsp3) is 0.333. The molecule has 2 aromatic rings. The van der Waals surface area contributed by atoms with Gasteiger partial charge in [-0.05, 0) is 42.3 Å². The van der Waals surface area contributed by atoms with E-state index in [9.17, 15) is 5.11 Å². The Bertz CT molecular complexity index is 614. The van der Waals surface area contributed by atoms with Gasteiger partial charge in [-0.3, -0.25) is 0 Å². The van der Waals surface area contributed by atoms with Crippen molar-refractivity contribution in [1.82, 2.24) is 0 Å². The lowest BCUT2D eigenvalue weighted by atomic mass is 9.78. The molecule has 21 heavy (non-hydrogen) atoms. The van der Waals surface area contributed by atoms with Gasteiger partial charge in [0.2, 0.25) is 6.29 Å². The van der Waals surface area contributed by atoms with Gasteiger partial charge in [0.1, 0.15) is 17.6 Å². The highest BCUT2D eigenvalue weighted by atomic mass is 16.8. The molecule has 1 aliphatic heterocycles. The fourth-order valence-corrected chi connectivity index (χ4v) is 2.42. The first-order chi connectivity index (χ1) is 9.96. The number of aromatic hydroxyl groups is 1. The van der Waals surface area contributed by atoms with Crippen LogP contribution >= 0.6 is 0 Å². The van der Waals surface area contributed by atoms with E-state index in [1.807, 2.05) is 31.2 Å². The van der Waals surface area contributed by atoms with E-state index in [-0.39, 0.29) is 23.6 Å². The van der Waals surface area contributed by atoms with Gasteiger partial charge in [-0.25, -0.2) is 0 Å². The van der Waals surface area contributed by atoms with Crippen molar-refractivity contribution in [2.75, 3.05) is 0 Å². The Morgan fingerprint density at radius 3 is 1.90 bits per heavy atom. The summed E-state index contributed by atoms with van der Waals surface area (Å²) in [6, 6.07) is 15.5. The van der Waals surface area contributed by atoms with Crippen LogP contribution in [0.3, 0.4) is 0 Å². The average molecular weight is 284 g/mol. The highest BCUT2D eigenvalue weighted by Crippen LogP contribution is 2.34. The molecule has 1 aliphatic rings. The molecule has 3 heteroatoms. The van der Waals surface area contributed by atoms with E-state index in [1.54, 1.807) is 12.1 Å². The van der Waals surface area contributed by atoms with Gasteiger partial charge < -0.3 is 14.6 Å². The summed E-state index contributed by atoms with van der Waals surface area (Å²) in [5.74, 6) is 1.12. The Morgan fingerprint density at radius 1 is 0.952 bits per heavy atom. The molecule has 110 valence electrons. The molecule has 1 N–H and O–H groups in total. The summed E-state index contributed by atoms with van der Waals surface area (Å²) < 4.78 is 10.9. The molecule has 0 spiro atoms. The van der Waals surface area contributed by atoms with E-state index in [0.29, 0.717) is 0 Å². The molecule has 0 radical (unpaired) electrons. The van der Waals surface area contributed by atoms with Crippen LogP contribution in [0.15, 0.2) is 48.5 Å². The Labute approximate surface area is 125 Å². The molecule has 2 atom stereocenters. The van der Waals surface area contributed by atoms with Crippen molar-refractivity contribution in [3.8, 4) is 11.5 Å². The summed E-state index contributed by atoms with van der Waals surface area (Å²) in [5.41, 5.74) is 2.23. The van der Waals surface area contributed by atoms with Crippen LogP contribution in [0.25, 0.3) is 0 Å². The minimum absolute atomic E-state index is 0.0963. The summed E-state index contributed by atoms with van der Waals surface area (Å²) in [5, 5.41) is 9.41. The van der Waals surface area contributed by atoms with Gasteiger partial charge in [-0.15, -0.1) is 0 Å². The third kappa shape index (κ3) is 2.88. The van der Waals surface area contributed by atoms with Crippen LogP contribution in [0.2, 0.25) is 0 Å². The second-order valence-electron chi connectivity index (χ2n) is 6.02. The first-order valence-electron chi connectivity index (χ1n) is 7.19. The molecule has 0 aromatic heterocycles. The summed E-state index contributed by atoms with van der Waals surface area (Å²) in [6.45, 7) is 6.33. The average Bonchev–Trinajstić information content (AvgIpc) is 3.15. The van der Waals surface area contributed by atoms with Crippen LogP contribution in [0.5, 0.6) is 11.5 Å². The molecule has 3 rings (SSSR count). The highest BCUT2D eigenvalue weighted by Gasteiger charge is 2.36. The van der Waals surface area contributed by atoms with E-state index in [1.165, 1.54) is 5.56 Å². The third-order valence-electron chi connectivity index (χ3n) is 4.07. The quantitative estimate of drug-likeness (QED) is 0.867. The molecular weight excluding hydrogens is 264 g/mol. The van der Waals surface area contributed by atoms with Crippen LogP contribution in [0, 0.1) is 0 Å². The summed E-state index contributed by atoms with van der Waals surface area (Å²) >= 11 is 0. The van der Waals surface area contributed by atoms with Crippen molar-refractivity contribution in [2.45, 2.75) is 38.6 Å². The Balaban J connectivity index is 1.79. The number of phenolic OH excluding ortho intramolecular Hbond substituents is 1. The van der Waals surface area contributed by atoms with Crippen molar-refractivity contribution in [3.63, 3.8) is 0 Å². The van der Waals surface area contributed by atoms with Crippen molar-refractivity contribution in [3.05, 3.63) is 59.7 Å². The van der Waals surface area contributed by atoms with Crippen molar-refractivity contribution in [1.29, 1.82) is 0 Å². The van der Waals surface area contributed by atoms with E-state index in [0.717, 1.165) is 11.3 Å². The predicted molar refractivity (Wildman–Crippen MR) is 81.6 cm³/mol. The standard InChI is InChI=1S/C18H20O3/c1-12-17(20-12)21-16-10-6-14(7-11-16)18(2,3)13-4-8-15(19)9-5-13/h4-12,17,19H,1-3H3. The van der Waals surface area contributed by atoms with Crippen LogP contribution in [0.4, 0.5) is 0 Å². The molecule has 1 fully saturated rings. The van der Waals surface area contributed by atoms with Gasteiger partial charge >= 0.3 is 0 Å². The number of hydrogen-bond donors (Lipinski definition) is 1.